The highest BCUT2D eigenvalue weighted by Gasteiger charge is 2.26. The average Bonchev–Trinajstić information content (AvgIpc) is 1.81. The summed E-state index contributed by atoms with van der Waals surface area (Å²) in [5, 5.41) is 8.04. The summed E-state index contributed by atoms with van der Waals surface area (Å²) in [4.78, 5) is 0.938. The second-order valence-electron chi connectivity index (χ2n) is 1.89. The smallest absolute Gasteiger partial charge is 0.313 e. The summed E-state index contributed by atoms with van der Waals surface area (Å²) >= 11 is 0. The number of hydrogen-bond acceptors (Lipinski definition) is 2. The summed E-state index contributed by atoms with van der Waals surface area (Å²) in [7, 11) is 1.31. The highest BCUT2D eigenvalue weighted by atomic mass is 19.4. The summed E-state index contributed by atoms with van der Waals surface area (Å²) in [5.41, 5.74) is 0. The van der Waals surface area contributed by atoms with Gasteiger partial charge in [0.2, 0.25) is 0 Å². The Labute approximate surface area is 56.8 Å². The predicted octanol–water partition coefficient (Wildman–Crippen LogP) is 1.35. The SMILES string of the molecule is CN(C#N)CCC(F)(F)F. The first-order chi connectivity index (χ1) is 4.45. The Balaban J connectivity index is 3.48. The molecular weight excluding hydrogens is 145 g/mol. The molecule has 0 amide bonds. The van der Waals surface area contributed by atoms with Gasteiger partial charge in [0.25, 0.3) is 0 Å². The third kappa shape index (κ3) is 5.22. The fourth-order valence-electron chi connectivity index (χ4n) is 0.344. The van der Waals surface area contributed by atoms with Gasteiger partial charge in [-0.2, -0.15) is 18.4 Å². The number of hydrogen-bond donors (Lipinski definition) is 0. The Morgan fingerprint density at radius 2 is 2.00 bits per heavy atom. The molecule has 0 aromatic carbocycles. The van der Waals surface area contributed by atoms with Gasteiger partial charge in [-0.15, -0.1) is 0 Å². The van der Waals surface area contributed by atoms with Gasteiger partial charge in [-0.1, -0.05) is 0 Å². The van der Waals surface area contributed by atoms with Crippen molar-refractivity contribution >= 4 is 0 Å². The molecule has 0 spiro atoms. The molecule has 0 aromatic heterocycles. The first-order valence-electron chi connectivity index (χ1n) is 2.63. The number of alkyl halides is 3. The van der Waals surface area contributed by atoms with E-state index in [4.69, 9.17) is 5.26 Å². The van der Waals surface area contributed by atoms with E-state index in [1.165, 1.54) is 7.05 Å². The van der Waals surface area contributed by atoms with Crippen molar-refractivity contribution in [2.45, 2.75) is 12.6 Å². The minimum atomic E-state index is -4.16. The van der Waals surface area contributed by atoms with E-state index < -0.39 is 12.6 Å². The maximum atomic E-state index is 11.4. The molecule has 0 fully saturated rings. The van der Waals surface area contributed by atoms with E-state index in [1.807, 2.05) is 0 Å². The molecule has 0 unspecified atom stereocenters. The van der Waals surface area contributed by atoms with Crippen molar-refractivity contribution in [3.05, 3.63) is 0 Å². The molecule has 2 nitrogen and oxygen atoms in total. The van der Waals surface area contributed by atoms with Crippen molar-refractivity contribution in [1.29, 1.82) is 5.26 Å². The lowest BCUT2D eigenvalue weighted by atomic mass is 10.4. The van der Waals surface area contributed by atoms with Crippen LogP contribution in [0.25, 0.3) is 0 Å². The van der Waals surface area contributed by atoms with E-state index in [1.54, 1.807) is 6.19 Å². The fraction of sp³-hybridized carbons (Fsp3) is 0.800. The molecule has 0 saturated carbocycles. The van der Waals surface area contributed by atoms with Crippen LogP contribution in [0.5, 0.6) is 0 Å². The molecule has 0 radical (unpaired) electrons. The molecule has 0 aromatic rings. The zero-order valence-corrected chi connectivity index (χ0v) is 5.44. The van der Waals surface area contributed by atoms with Crippen LogP contribution in [0.2, 0.25) is 0 Å². The van der Waals surface area contributed by atoms with Crippen molar-refractivity contribution in [2.24, 2.45) is 0 Å². The number of halogens is 3. The lowest BCUT2D eigenvalue weighted by Crippen LogP contribution is -2.19. The molecule has 0 aliphatic carbocycles. The molecular formula is C5H7F3N2. The molecule has 0 heterocycles. The normalized spacial score (nSPS) is 10.7. The van der Waals surface area contributed by atoms with Gasteiger partial charge in [0.05, 0.1) is 6.42 Å². The first-order valence-corrected chi connectivity index (χ1v) is 2.63. The monoisotopic (exact) mass is 152 g/mol. The Morgan fingerprint density at radius 1 is 1.50 bits per heavy atom. The first kappa shape index (κ1) is 9.08. The minimum Gasteiger partial charge on any atom is -0.313 e. The summed E-state index contributed by atoms with van der Waals surface area (Å²) in [6.07, 6.45) is -3.52. The van der Waals surface area contributed by atoms with Crippen LogP contribution in [-0.2, 0) is 0 Å². The molecule has 0 rings (SSSR count). The third-order valence-corrected chi connectivity index (χ3v) is 0.901. The zero-order valence-electron chi connectivity index (χ0n) is 5.44. The summed E-state index contributed by atoms with van der Waals surface area (Å²) in [6, 6.07) is 0. The van der Waals surface area contributed by atoms with Crippen molar-refractivity contribution in [3.8, 4) is 6.19 Å². The molecule has 0 N–H and O–H groups in total. The van der Waals surface area contributed by atoms with Gasteiger partial charge in [0, 0.05) is 13.6 Å². The minimum absolute atomic E-state index is 0.264. The van der Waals surface area contributed by atoms with E-state index in [-0.39, 0.29) is 6.54 Å². The van der Waals surface area contributed by atoms with Crippen LogP contribution >= 0.6 is 0 Å². The Hall–Kier alpha value is -0.920. The standard InChI is InChI=1S/C5H7F3N2/c1-10(4-9)3-2-5(6,7)8/h2-3H2,1H3. The zero-order chi connectivity index (χ0) is 8.20. The lowest BCUT2D eigenvalue weighted by molar-refractivity contribution is -0.136. The fourth-order valence-corrected chi connectivity index (χ4v) is 0.344. The topological polar surface area (TPSA) is 27.0 Å². The quantitative estimate of drug-likeness (QED) is 0.441. The highest BCUT2D eigenvalue weighted by Crippen LogP contribution is 2.18. The second kappa shape index (κ2) is 3.30. The molecule has 0 aliphatic rings. The lowest BCUT2D eigenvalue weighted by Gasteiger charge is -2.09. The maximum Gasteiger partial charge on any atom is 0.390 e. The van der Waals surface area contributed by atoms with E-state index in [9.17, 15) is 13.2 Å². The van der Waals surface area contributed by atoms with E-state index in [2.05, 4.69) is 0 Å². The van der Waals surface area contributed by atoms with Crippen molar-refractivity contribution < 1.29 is 13.2 Å². The van der Waals surface area contributed by atoms with Gasteiger partial charge in [-0.25, -0.2) is 0 Å². The van der Waals surface area contributed by atoms with Crippen molar-refractivity contribution in [3.63, 3.8) is 0 Å². The van der Waals surface area contributed by atoms with Gasteiger partial charge in [-0.3, -0.25) is 0 Å². The Morgan fingerprint density at radius 3 is 2.30 bits per heavy atom. The van der Waals surface area contributed by atoms with Crippen LogP contribution in [0.1, 0.15) is 6.42 Å². The molecule has 0 atom stereocenters. The van der Waals surface area contributed by atoms with Gasteiger partial charge < -0.3 is 4.90 Å². The third-order valence-electron chi connectivity index (χ3n) is 0.901. The van der Waals surface area contributed by atoms with Gasteiger partial charge in [0.1, 0.15) is 0 Å². The van der Waals surface area contributed by atoms with Crippen LogP contribution in [0, 0.1) is 11.5 Å². The van der Waals surface area contributed by atoms with E-state index >= 15 is 0 Å². The van der Waals surface area contributed by atoms with Crippen LogP contribution in [0.4, 0.5) is 13.2 Å². The van der Waals surface area contributed by atoms with Crippen LogP contribution in [0.15, 0.2) is 0 Å². The Bertz CT molecular complexity index is 135. The summed E-state index contributed by atoms with van der Waals surface area (Å²) in [6.45, 7) is -0.264. The number of nitrogens with zero attached hydrogens (tertiary/aromatic N) is 2. The van der Waals surface area contributed by atoms with Gasteiger partial charge >= 0.3 is 6.18 Å². The molecule has 0 aliphatic heterocycles. The van der Waals surface area contributed by atoms with Crippen LogP contribution < -0.4 is 0 Å². The molecule has 0 bridgehead atoms. The highest BCUT2D eigenvalue weighted by molar-refractivity contribution is 4.69. The second-order valence-corrected chi connectivity index (χ2v) is 1.89. The van der Waals surface area contributed by atoms with Crippen molar-refractivity contribution in [2.75, 3.05) is 13.6 Å². The van der Waals surface area contributed by atoms with E-state index in [0.717, 1.165) is 4.90 Å². The van der Waals surface area contributed by atoms with Crippen LogP contribution in [-0.4, -0.2) is 24.7 Å². The molecule has 5 heteroatoms. The molecule has 0 saturated heterocycles. The van der Waals surface area contributed by atoms with Gasteiger partial charge in [-0.05, 0) is 0 Å². The summed E-state index contributed by atoms with van der Waals surface area (Å²) in [5.74, 6) is 0. The average molecular weight is 152 g/mol. The van der Waals surface area contributed by atoms with Crippen molar-refractivity contribution in [1.82, 2.24) is 4.90 Å². The maximum absolute atomic E-state index is 11.4. The Kier molecular flexibility index (Phi) is 3.00. The largest absolute Gasteiger partial charge is 0.390 e. The van der Waals surface area contributed by atoms with Gasteiger partial charge in [0.15, 0.2) is 6.19 Å². The summed E-state index contributed by atoms with van der Waals surface area (Å²) < 4.78 is 34.2. The number of rotatable bonds is 2. The van der Waals surface area contributed by atoms with Crippen LogP contribution in [0.3, 0.4) is 0 Å². The number of nitriles is 1. The molecule has 10 heavy (non-hydrogen) atoms. The predicted molar refractivity (Wildman–Crippen MR) is 28.9 cm³/mol. The van der Waals surface area contributed by atoms with E-state index in [0.29, 0.717) is 0 Å². The molecule has 58 valence electrons.